The fourth-order valence-electron chi connectivity index (χ4n) is 4.10. The van der Waals surface area contributed by atoms with Crippen molar-refractivity contribution in [3.63, 3.8) is 0 Å². The molecule has 2 rings (SSSR count). The van der Waals surface area contributed by atoms with Gasteiger partial charge in [-0.2, -0.15) is 0 Å². The molecule has 0 bridgehead atoms. The van der Waals surface area contributed by atoms with E-state index in [9.17, 15) is 9.59 Å². The zero-order chi connectivity index (χ0) is 19.3. The molecule has 2 heterocycles. The third-order valence-electron chi connectivity index (χ3n) is 6.39. The van der Waals surface area contributed by atoms with E-state index in [0.29, 0.717) is 17.7 Å². The number of amides is 2. The van der Waals surface area contributed by atoms with Gasteiger partial charge in [0.2, 0.25) is 11.8 Å². The summed E-state index contributed by atoms with van der Waals surface area (Å²) in [6.45, 7) is 13.8. The fourth-order valence-corrected chi connectivity index (χ4v) is 4.10. The third kappa shape index (κ3) is 5.45. The highest BCUT2D eigenvalue weighted by molar-refractivity contribution is 5.82. The summed E-state index contributed by atoms with van der Waals surface area (Å²) in [6, 6.07) is 0. The second-order valence-electron chi connectivity index (χ2n) is 8.95. The van der Waals surface area contributed by atoms with Crippen LogP contribution in [0.15, 0.2) is 0 Å². The molecular formula is C21H38N2O3. The Morgan fingerprint density at radius 1 is 0.962 bits per heavy atom. The predicted octanol–water partition coefficient (Wildman–Crippen LogP) is 3.32. The summed E-state index contributed by atoms with van der Waals surface area (Å²) in [6.07, 6.45) is 5.39. The number of nitrogens with zero attached hydrogens (tertiary/aromatic N) is 2. The van der Waals surface area contributed by atoms with Crippen molar-refractivity contribution < 1.29 is 14.3 Å². The number of piperidine rings is 2. The minimum atomic E-state index is -0.239. The molecule has 0 aromatic heterocycles. The molecule has 0 N–H and O–H groups in total. The molecule has 0 saturated carbocycles. The van der Waals surface area contributed by atoms with Crippen molar-refractivity contribution in [3.8, 4) is 0 Å². The second-order valence-corrected chi connectivity index (χ2v) is 8.95. The van der Waals surface area contributed by atoms with Crippen LogP contribution in [0.5, 0.6) is 0 Å². The maximum Gasteiger partial charge on any atom is 0.248 e. The van der Waals surface area contributed by atoms with Crippen LogP contribution in [0.4, 0.5) is 0 Å². The van der Waals surface area contributed by atoms with Crippen LogP contribution in [-0.4, -0.2) is 60.5 Å². The summed E-state index contributed by atoms with van der Waals surface area (Å²) in [7, 11) is 0. The van der Waals surface area contributed by atoms with E-state index in [1.165, 1.54) is 0 Å². The quantitative estimate of drug-likeness (QED) is 0.724. The molecule has 2 fully saturated rings. The first-order chi connectivity index (χ1) is 12.2. The minimum Gasteiger partial charge on any atom is -0.369 e. The zero-order valence-electron chi connectivity index (χ0n) is 17.4. The molecule has 2 aliphatic rings. The molecule has 0 spiro atoms. The van der Waals surface area contributed by atoms with Crippen LogP contribution in [0.2, 0.25) is 0 Å². The molecule has 2 aliphatic heterocycles. The van der Waals surface area contributed by atoms with E-state index in [0.717, 1.165) is 58.3 Å². The van der Waals surface area contributed by atoms with Gasteiger partial charge in [0.25, 0.3) is 0 Å². The molecular weight excluding hydrogens is 328 g/mol. The first-order valence-corrected chi connectivity index (χ1v) is 10.4. The Kier molecular flexibility index (Phi) is 7.51. The van der Waals surface area contributed by atoms with Crippen molar-refractivity contribution in [1.82, 2.24) is 9.80 Å². The summed E-state index contributed by atoms with van der Waals surface area (Å²) < 4.78 is 5.44. The van der Waals surface area contributed by atoms with Crippen LogP contribution >= 0.6 is 0 Å². The number of rotatable bonds is 6. The Balaban J connectivity index is 1.74. The van der Waals surface area contributed by atoms with Gasteiger partial charge in [-0.1, -0.05) is 20.8 Å². The molecule has 2 saturated heterocycles. The summed E-state index contributed by atoms with van der Waals surface area (Å²) in [4.78, 5) is 28.8. The lowest BCUT2D eigenvalue weighted by Crippen LogP contribution is -2.47. The van der Waals surface area contributed by atoms with E-state index >= 15 is 0 Å². The number of carbonyl (C=O) groups is 2. The van der Waals surface area contributed by atoms with E-state index in [-0.39, 0.29) is 24.0 Å². The van der Waals surface area contributed by atoms with Crippen molar-refractivity contribution in [2.24, 2.45) is 17.3 Å². The molecule has 26 heavy (non-hydrogen) atoms. The Hall–Kier alpha value is -1.10. The van der Waals surface area contributed by atoms with Crippen LogP contribution in [0.3, 0.4) is 0 Å². The van der Waals surface area contributed by atoms with Gasteiger partial charge in [0.1, 0.15) is 6.61 Å². The molecule has 0 atom stereocenters. The van der Waals surface area contributed by atoms with E-state index < -0.39 is 0 Å². The van der Waals surface area contributed by atoms with Gasteiger partial charge in [-0.25, -0.2) is 0 Å². The number of hydrogen-bond donors (Lipinski definition) is 0. The summed E-state index contributed by atoms with van der Waals surface area (Å²) >= 11 is 0. The molecule has 0 aromatic rings. The normalized spacial score (nSPS) is 20.7. The predicted molar refractivity (Wildman–Crippen MR) is 104 cm³/mol. The van der Waals surface area contributed by atoms with Gasteiger partial charge in [-0.05, 0) is 57.8 Å². The lowest BCUT2D eigenvalue weighted by atomic mass is 9.78. The highest BCUT2D eigenvalue weighted by Crippen LogP contribution is 2.34. The van der Waals surface area contributed by atoms with Crippen molar-refractivity contribution >= 4 is 11.8 Å². The number of carbonyl (C=O) groups excluding carboxylic acids is 2. The lowest BCUT2D eigenvalue weighted by molar-refractivity contribution is -0.143. The highest BCUT2D eigenvalue weighted by atomic mass is 16.5. The number of ether oxygens (including phenoxy) is 1. The Morgan fingerprint density at radius 3 is 1.85 bits per heavy atom. The van der Waals surface area contributed by atoms with Crippen LogP contribution in [0.1, 0.15) is 66.7 Å². The first kappa shape index (κ1) is 21.2. The molecule has 5 nitrogen and oxygen atoms in total. The Morgan fingerprint density at radius 2 is 1.42 bits per heavy atom. The molecule has 0 aromatic carbocycles. The van der Waals surface area contributed by atoms with Crippen LogP contribution < -0.4 is 0 Å². The van der Waals surface area contributed by atoms with Crippen molar-refractivity contribution in [1.29, 1.82) is 0 Å². The molecule has 0 aliphatic carbocycles. The van der Waals surface area contributed by atoms with Gasteiger partial charge in [0, 0.05) is 31.6 Å². The van der Waals surface area contributed by atoms with Gasteiger partial charge >= 0.3 is 0 Å². The highest BCUT2D eigenvalue weighted by Gasteiger charge is 2.35. The summed E-state index contributed by atoms with van der Waals surface area (Å²) in [5, 5.41) is 0. The summed E-state index contributed by atoms with van der Waals surface area (Å²) in [5.74, 6) is 1.83. The van der Waals surface area contributed by atoms with Crippen molar-refractivity contribution in [3.05, 3.63) is 0 Å². The summed E-state index contributed by atoms with van der Waals surface area (Å²) in [5.41, 5.74) is -0.239. The SMILES string of the molecule is CCC(C)(C)C(=O)N1CCC(C2CCN(C(=O)COC(C)C)CC2)CC1. The van der Waals surface area contributed by atoms with Gasteiger partial charge in [-0.3, -0.25) is 9.59 Å². The van der Waals surface area contributed by atoms with Crippen LogP contribution in [-0.2, 0) is 14.3 Å². The molecule has 5 heteroatoms. The van der Waals surface area contributed by atoms with Gasteiger partial charge in [-0.15, -0.1) is 0 Å². The Labute approximate surface area is 159 Å². The molecule has 150 valence electrons. The topological polar surface area (TPSA) is 49.9 Å². The molecule has 0 unspecified atom stereocenters. The van der Waals surface area contributed by atoms with E-state index in [1.807, 2.05) is 18.7 Å². The zero-order valence-corrected chi connectivity index (χ0v) is 17.4. The van der Waals surface area contributed by atoms with Gasteiger partial charge in [0.05, 0.1) is 6.10 Å². The maximum atomic E-state index is 12.6. The van der Waals surface area contributed by atoms with E-state index in [4.69, 9.17) is 4.74 Å². The average molecular weight is 367 g/mol. The Bertz CT molecular complexity index is 474. The van der Waals surface area contributed by atoms with Crippen LogP contribution in [0, 0.1) is 17.3 Å². The second kappa shape index (κ2) is 9.20. The third-order valence-corrected chi connectivity index (χ3v) is 6.39. The van der Waals surface area contributed by atoms with Gasteiger partial charge < -0.3 is 14.5 Å². The minimum absolute atomic E-state index is 0.0991. The monoisotopic (exact) mass is 366 g/mol. The van der Waals surface area contributed by atoms with Crippen molar-refractivity contribution in [2.75, 3.05) is 32.8 Å². The average Bonchev–Trinajstić information content (AvgIpc) is 2.65. The van der Waals surface area contributed by atoms with E-state index in [2.05, 4.69) is 25.7 Å². The molecule has 2 amide bonds. The standard InChI is InChI=1S/C21H38N2O3/c1-6-21(4,5)20(25)23-13-9-18(10-14-23)17-7-11-22(12-8-17)19(24)15-26-16(2)3/h16-18H,6-15H2,1-5H3. The lowest BCUT2D eigenvalue weighted by Gasteiger charge is -2.41. The number of likely N-dealkylation sites (tertiary alicyclic amines) is 2. The first-order valence-electron chi connectivity index (χ1n) is 10.4. The van der Waals surface area contributed by atoms with Crippen LogP contribution in [0.25, 0.3) is 0 Å². The number of hydrogen-bond acceptors (Lipinski definition) is 3. The van der Waals surface area contributed by atoms with Gasteiger partial charge in [0.15, 0.2) is 0 Å². The molecule has 0 radical (unpaired) electrons. The van der Waals surface area contributed by atoms with Crippen molar-refractivity contribution in [2.45, 2.75) is 72.8 Å². The largest absolute Gasteiger partial charge is 0.369 e. The maximum absolute atomic E-state index is 12.6. The fraction of sp³-hybridized carbons (Fsp3) is 0.905. The smallest absolute Gasteiger partial charge is 0.248 e. The van der Waals surface area contributed by atoms with E-state index in [1.54, 1.807) is 0 Å².